The van der Waals surface area contributed by atoms with Gasteiger partial charge in [-0.15, -0.1) is 0 Å². The molecule has 1 saturated carbocycles. The van der Waals surface area contributed by atoms with Crippen molar-refractivity contribution < 1.29 is 14.3 Å². The zero-order valence-electron chi connectivity index (χ0n) is 15.7. The number of hydrogen-bond acceptors (Lipinski definition) is 3. The molecule has 1 unspecified atom stereocenters. The molecule has 3 aliphatic rings. The number of nitrogens with zero attached hydrogens (tertiary/aromatic N) is 2. The topological polar surface area (TPSA) is 49.9 Å². The van der Waals surface area contributed by atoms with Crippen LogP contribution in [0.3, 0.4) is 0 Å². The van der Waals surface area contributed by atoms with Crippen molar-refractivity contribution >= 4 is 11.8 Å². The van der Waals surface area contributed by atoms with Crippen LogP contribution in [0.5, 0.6) is 5.75 Å². The zero-order valence-corrected chi connectivity index (χ0v) is 15.7. The number of ether oxygens (including phenoxy) is 1. The molecule has 2 amide bonds. The summed E-state index contributed by atoms with van der Waals surface area (Å²) in [5.74, 6) is 1.07. The number of amides is 2. The highest BCUT2D eigenvalue weighted by molar-refractivity contribution is 5.89. The Morgan fingerprint density at radius 1 is 1.08 bits per heavy atom. The van der Waals surface area contributed by atoms with Crippen LogP contribution in [0.15, 0.2) is 18.2 Å². The molecule has 2 saturated heterocycles. The summed E-state index contributed by atoms with van der Waals surface area (Å²) in [6.45, 7) is 5.96. The van der Waals surface area contributed by atoms with Gasteiger partial charge in [-0.1, -0.05) is 31.0 Å². The molecule has 5 nitrogen and oxygen atoms in total. The van der Waals surface area contributed by atoms with Crippen molar-refractivity contribution in [3.8, 4) is 5.75 Å². The molecule has 1 aromatic carbocycles. The Morgan fingerprint density at radius 2 is 1.73 bits per heavy atom. The van der Waals surface area contributed by atoms with E-state index in [0.29, 0.717) is 32.1 Å². The van der Waals surface area contributed by atoms with E-state index < -0.39 is 0 Å². The molecular weight excluding hydrogens is 328 g/mol. The number of para-hydroxylation sites is 1. The van der Waals surface area contributed by atoms with Crippen molar-refractivity contribution in [3.05, 3.63) is 29.3 Å². The third-order valence-electron chi connectivity index (χ3n) is 6.13. The molecule has 1 aliphatic carbocycles. The van der Waals surface area contributed by atoms with Gasteiger partial charge in [-0.25, -0.2) is 0 Å². The normalized spacial score (nSPS) is 24.2. The van der Waals surface area contributed by atoms with Crippen LogP contribution in [0.1, 0.15) is 43.2 Å². The maximum atomic E-state index is 12.8. The molecule has 0 spiro atoms. The number of carbonyl (C=O) groups is 2. The number of carbonyl (C=O) groups excluding carboxylic acids is 2. The van der Waals surface area contributed by atoms with E-state index >= 15 is 0 Å². The van der Waals surface area contributed by atoms with E-state index in [-0.39, 0.29) is 23.8 Å². The van der Waals surface area contributed by atoms with Crippen molar-refractivity contribution in [2.45, 2.75) is 58.1 Å². The van der Waals surface area contributed by atoms with Gasteiger partial charge in [0.05, 0.1) is 19.0 Å². The number of benzene rings is 1. The molecule has 3 fully saturated rings. The molecular formula is C21H28N2O3. The average Bonchev–Trinajstić information content (AvgIpc) is 3.21. The average molecular weight is 356 g/mol. The Hall–Kier alpha value is -2.04. The van der Waals surface area contributed by atoms with Gasteiger partial charge in [-0.3, -0.25) is 9.59 Å². The van der Waals surface area contributed by atoms with Gasteiger partial charge in [0.1, 0.15) is 11.9 Å². The van der Waals surface area contributed by atoms with Crippen LogP contribution in [-0.4, -0.2) is 53.4 Å². The number of aryl methyl sites for hydroxylation is 2. The SMILES string of the molecule is Cc1cccc(C)c1OC1CN(C(=O)C2CC(=O)N(C3CCCC3)C2)C1. The summed E-state index contributed by atoms with van der Waals surface area (Å²) in [5.41, 5.74) is 2.26. The van der Waals surface area contributed by atoms with E-state index in [4.69, 9.17) is 4.74 Å². The molecule has 2 aliphatic heterocycles. The summed E-state index contributed by atoms with van der Waals surface area (Å²) in [6, 6.07) is 6.50. The molecule has 1 atom stereocenters. The first-order valence-corrected chi connectivity index (χ1v) is 9.84. The molecule has 2 heterocycles. The Kier molecular flexibility index (Phi) is 4.63. The zero-order chi connectivity index (χ0) is 18.3. The molecule has 0 N–H and O–H groups in total. The van der Waals surface area contributed by atoms with Crippen molar-refractivity contribution in [3.63, 3.8) is 0 Å². The third kappa shape index (κ3) is 3.19. The van der Waals surface area contributed by atoms with Gasteiger partial charge in [-0.05, 0) is 37.8 Å². The summed E-state index contributed by atoms with van der Waals surface area (Å²) in [5, 5.41) is 0. The molecule has 5 heteroatoms. The summed E-state index contributed by atoms with van der Waals surface area (Å²) >= 11 is 0. The largest absolute Gasteiger partial charge is 0.486 e. The van der Waals surface area contributed by atoms with E-state index in [0.717, 1.165) is 29.7 Å². The van der Waals surface area contributed by atoms with Crippen LogP contribution in [-0.2, 0) is 9.59 Å². The van der Waals surface area contributed by atoms with E-state index in [2.05, 4.69) is 0 Å². The van der Waals surface area contributed by atoms with E-state index in [9.17, 15) is 9.59 Å². The standard InChI is InChI=1S/C21H28N2O3/c1-14-6-5-7-15(2)20(14)26-18-12-22(13-18)21(25)16-10-19(24)23(11-16)17-8-3-4-9-17/h5-7,16-18H,3-4,8-13H2,1-2H3. The highest BCUT2D eigenvalue weighted by Gasteiger charge is 2.43. The van der Waals surface area contributed by atoms with Crippen LogP contribution in [0.25, 0.3) is 0 Å². The lowest BCUT2D eigenvalue weighted by Gasteiger charge is -2.40. The van der Waals surface area contributed by atoms with Crippen molar-refractivity contribution in [2.75, 3.05) is 19.6 Å². The van der Waals surface area contributed by atoms with E-state index in [1.807, 2.05) is 41.8 Å². The van der Waals surface area contributed by atoms with E-state index in [1.54, 1.807) is 0 Å². The fourth-order valence-electron chi connectivity index (χ4n) is 4.57. The van der Waals surface area contributed by atoms with Gasteiger partial charge < -0.3 is 14.5 Å². The van der Waals surface area contributed by atoms with E-state index in [1.165, 1.54) is 12.8 Å². The quantitative estimate of drug-likeness (QED) is 0.833. The first-order chi connectivity index (χ1) is 12.5. The predicted molar refractivity (Wildman–Crippen MR) is 99.0 cm³/mol. The number of hydrogen-bond donors (Lipinski definition) is 0. The second-order valence-corrected chi connectivity index (χ2v) is 8.09. The minimum absolute atomic E-state index is 0.0572. The van der Waals surface area contributed by atoms with Crippen LogP contribution in [0.2, 0.25) is 0 Å². The Balaban J connectivity index is 1.30. The van der Waals surface area contributed by atoms with Gasteiger partial charge in [0.25, 0.3) is 0 Å². The lowest BCUT2D eigenvalue weighted by molar-refractivity contribution is -0.144. The van der Waals surface area contributed by atoms with Crippen LogP contribution < -0.4 is 4.74 Å². The molecule has 1 aromatic rings. The molecule has 26 heavy (non-hydrogen) atoms. The monoisotopic (exact) mass is 356 g/mol. The van der Waals surface area contributed by atoms with Gasteiger partial charge in [0.2, 0.25) is 11.8 Å². The van der Waals surface area contributed by atoms with Crippen LogP contribution >= 0.6 is 0 Å². The Labute approximate surface area is 155 Å². The lowest BCUT2D eigenvalue weighted by Crippen LogP contribution is -2.58. The maximum Gasteiger partial charge on any atom is 0.228 e. The summed E-state index contributed by atoms with van der Waals surface area (Å²) in [7, 11) is 0. The summed E-state index contributed by atoms with van der Waals surface area (Å²) in [6.07, 6.45) is 5.05. The summed E-state index contributed by atoms with van der Waals surface area (Å²) < 4.78 is 6.11. The van der Waals surface area contributed by atoms with Crippen molar-refractivity contribution in [2.24, 2.45) is 5.92 Å². The second-order valence-electron chi connectivity index (χ2n) is 8.09. The lowest BCUT2D eigenvalue weighted by atomic mass is 10.0. The fraction of sp³-hybridized carbons (Fsp3) is 0.619. The third-order valence-corrected chi connectivity index (χ3v) is 6.13. The first-order valence-electron chi connectivity index (χ1n) is 9.84. The molecule has 0 aromatic heterocycles. The number of rotatable bonds is 4. The molecule has 140 valence electrons. The van der Waals surface area contributed by atoms with Gasteiger partial charge in [0.15, 0.2) is 0 Å². The molecule has 0 radical (unpaired) electrons. The highest BCUT2D eigenvalue weighted by Crippen LogP contribution is 2.32. The smallest absolute Gasteiger partial charge is 0.228 e. The molecule has 4 rings (SSSR count). The predicted octanol–water partition coefficient (Wildman–Crippen LogP) is 2.68. The first kappa shape index (κ1) is 17.4. The molecule has 0 bridgehead atoms. The van der Waals surface area contributed by atoms with Crippen LogP contribution in [0.4, 0.5) is 0 Å². The Bertz CT molecular complexity index is 685. The second kappa shape index (κ2) is 6.93. The van der Waals surface area contributed by atoms with Crippen molar-refractivity contribution in [1.29, 1.82) is 0 Å². The van der Waals surface area contributed by atoms with Gasteiger partial charge >= 0.3 is 0 Å². The minimum atomic E-state index is -0.163. The minimum Gasteiger partial charge on any atom is -0.486 e. The Morgan fingerprint density at radius 3 is 2.38 bits per heavy atom. The van der Waals surface area contributed by atoms with Crippen molar-refractivity contribution in [1.82, 2.24) is 9.80 Å². The highest BCUT2D eigenvalue weighted by atomic mass is 16.5. The number of likely N-dealkylation sites (tertiary alicyclic amines) is 2. The summed E-state index contributed by atoms with van der Waals surface area (Å²) in [4.78, 5) is 28.9. The fourth-order valence-corrected chi connectivity index (χ4v) is 4.57. The van der Waals surface area contributed by atoms with Gasteiger partial charge in [0, 0.05) is 19.0 Å². The van der Waals surface area contributed by atoms with Crippen LogP contribution in [0, 0.1) is 19.8 Å². The van der Waals surface area contributed by atoms with Gasteiger partial charge in [-0.2, -0.15) is 0 Å². The maximum absolute atomic E-state index is 12.8.